The van der Waals surface area contributed by atoms with Gasteiger partial charge in [-0.1, -0.05) is 18.2 Å². The number of carbonyl (C=O) groups is 2. The summed E-state index contributed by atoms with van der Waals surface area (Å²) in [5.41, 5.74) is 1.73. The van der Waals surface area contributed by atoms with Crippen molar-refractivity contribution in [2.45, 2.75) is 33.0 Å². The molecule has 2 aromatic carbocycles. The number of ether oxygens (including phenoxy) is 1. The number of halogens is 1. The van der Waals surface area contributed by atoms with Gasteiger partial charge in [-0.25, -0.2) is 14.2 Å². The zero-order valence-corrected chi connectivity index (χ0v) is 17.8. The topological polar surface area (TPSA) is 101 Å². The summed E-state index contributed by atoms with van der Waals surface area (Å²) in [6, 6.07) is 14.5. The Morgan fingerprint density at radius 3 is 2.50 bits per heavy atom. The number of rotatable bonds is 9. The number of carboxylic acids is 1. The number of aromatic carboxylic acids is 1. The van der Waals surface area contributed by atoms with Crippen molar-refractivity contribution in [2.75, 3.05) is 5.32 Å². The minimum atomic E-state index is -1.10. The van der Waals surface area contributed by atoms with Gasteiger partial charge >= 0.3 is 5.97 Å². The Labute approximate surface area is 185 Å². The second-order valence-corrected chi connectivity index (χ2v) is 7.42. The minimum Gasteiger partial charge on any atom is -0.491 e. The Morgan fingerprint density at radius 2 is 1.84 bits per heavy atom. The number of pyridine rings is 1. The van der Waals surface area contributed by atoms with E-state index in [9.17, 15) is 14.0 Å². The smallest absolute Gasteiger partial charge is 0.337 e. The fourth-order valence-electron chi connectivity index (χ4n) is 3.00. The van der Waals surface area contributed by atoms with E-state index in [1.54, 1.807) is 30.3 Å². The zero-order chi connectivity index (χ0) is 23.1. The third-order valence-corrected chi connectivity index (χ3v) is 4.45. The van der Waals surface area contributed by atoms with Crippen molar-refractivity contribution in [3.63, 3.8) is 0 Å². The summed E-state index contributed by atoms with van der Waals surface area (Å²) in [6.45, 7) is 4.51. The molecule has 0 aliphatic rings. The molecule has 166 valence electrons. The molecular formula is C24H24FN3O4. The van der Waals surface area contributed by atoms with Crippen LogP contribution in [0.1, 0.15) is 45.7 Å². The molecule has 32 heavy (non-hydrogen) atoms. The predicted molar refractivity (Wildman–Crippen MR) is 118 cm³/mol. The summed E-state index contributed by atoms with van der Waals surface area (Å²) in [6.07, 6.45) is 1.09. The molecule has 0 spiro atoms. The van der Waals surface area contributed by atoms with Gasteiger partial charge in [0.05, 0.1) is 11.7 Å². The molecule has 1 heterocycles. The van der Waals surface area contributed by atoms with Crippen molar-refractivity contribution in [3.8, 4) is 5.75 Å². The van der Waals surface area contributed by atoms with Gasteiger partial charge in [0.1, 0.15) is 17.4 Å². The van der Waals surface area contributed by atoms with Crippen molar-refractivity contribution in [1.29, 1.82) is 0 Å². The Bertz CT molecular complexity index is 1100. The van der Waals surface area contributed by atoms with Gasteiger partial charge in [-0.05, 0) is 55.8 Å². The summed E-state index contributed by atoms with van der Waals surface area (Å²) in [4.78, 5) is 27.7. The number of nitrogens with one attached hydrogen (secondary N) is 2. The van der Waals surface area contributed by atoms with E-state index in [-0.39, 0.29) is 23.3 Å². The molecule has 0 saturated heterocycles. The van der Waals surface area contributed by atoms with E-state index in [0.29, 0.717) is 30.0 Å². The molecule has 3 N–H and O–H groups in total. The van der Waals surface area contributed by atoms with Crippen molar-refractivity contribution >= 4 is 17.7 Å². The Hall–Kier alpha value is -3.78. The summed E-state index contributed by atoms with van der Waals surface area (Å²) in [7, 11) is 0. The van der Waals surface area contributed by atoms with Crippen molar-refractivity contribution in [1.82, 2.24) is 10.3 Å². The number of benzene rings is 2. The molecule has 0 fully saturated rings. The van der Waals surface area contributed by atoms with Gasteiger partial charge in [-0.2, -0.15) is 0 Å². The van der Waals surface area contributed by atoms with Crippen LogP contribution < -0.4 is 15.4 Å². The van der Waals surface area contributed by atoms with E-state index in [1.165, 1.54) is 24.4 Å². The van der Waals surface area contributed by atoms with Crippen LogP contribution in [-0.2, 0) is 13.1 Å². The molecule has 0 radical (unpaired) electrons. The van der Waals surface area contributed by atoms with Gasteiger partial charge < -0.3 is 20.5 Å². The maximum Gasteiger partial charge on any atom is 0.337 e. The SMILES string of the molecule is CC(C)Oc1cc(CNCc2ccccc2F)cc(C(=O)Nc2ccc(C(=O)O)cn2)c1. The number of nitrogens with zero attached hydrogens (tertiary/aromatic N) is 1. The molecule has 0 aliphatic heterocycles. The maximum atomic E-state index is 13.8. The summed E-state index contributed by atoms with van der Waals surface area (Å²) < 4.78 is 19.6. The summed E-state index contributed by atoms with van der Waals surface area (Å²) in [5.74, 6) is -1.02. The van der Waals surface area contributed by atoms with E-state index in [2.05, 4.69) is 15.6 Å². The number of hydrogen-bond donors (Lipinski definition) is 3. The first-order valence-electron chi connectivity index (χ1n) is 10.1. The van der Waals surface area contributed by atoms with Crippen molar-refractivity contribution in [3.05, 3.63) is 88.9 Å². The highest BCUT2D eigenvalue weighted by molar-refractivity contribution is 6.04. The first kappa shape index (κ1) is 22.9. The van der Waals surface area contributed by atoms with Crippen LogP contribution in [0.4, 0.5) is 10.2 Å². The average molecular weight is 437 g/mol. The second kappa shape index (κ2) is 10.5. The molecule has 0 unspecified atom stereocenters. The molecule has 1 aromatic heterocycles. The number of hydrogen-bond acceptors (Lipinski definition) is 5. The van der Waals surface area contributed by atoms with Crippen LogP contribution in [0, 0.1) is 5.82 Å². The lowest BCUT2D eigenvalue weighted by atomic mass is 10.1. The van der Waals surface area contributed by atoms with Crippen LogP contribution in [0.5, 0.6) is 5.75 Å². The summed E-state index contributed by atoms with van der Waals surface area (Å²) >= 11 is 0. The Balaban J connectivity index is 1.74. The Morgan fingerprint density at radius 1 is 1.06 bits per heavy atom. The standard InChI is InChI=1S/C24H24FN3O4/c1-15(2)32-20-10-16(12-26-13-17-5-3-4-6-21(17)25)9-19(11-20)23(29)28-22-8-7-18(14-27-22)24(30)31/h3-11,14-15,26H,12-13H2,1-2H3,(H,30,31)(H,27,28,29). The second-order valence-electron chi connectivity index (χ2n) is 7.42. The van der Waals surface area contributed by atoms with Gasteiger partial charge in [-0.15, -0.1) is 0 Å². The highest BCUT2D eigenvalue weighted by Gasteiger charge is 2.12. The fourth-order valence-corrected chi connectivity index (χ4v) is 3.00. The van der Waals surface area contributed by atoms with Crippen LogP contribution in [0.25, 0.3) is 0 Å². The Kier molecular flexibility index (Phi) is 7.51. The first-order valence-corrected chi connectivity index (χ1v) is 10.1. The van der Waals surface area contributed by atoms with E-state index in [0.717, 1.165) is 5.56 Å². The molecule has 7 nitrogen and oxygen atoms in total. The van der Waals surface area contributed by atoms with E-state index in [1.807, 2.05) is 19.9 Å². The highest BCUT2D eigenvalue weighted by atomic mass is 19.1. The molecule has 8 heteroatoms. The first-order chi connectivity index (χ1) is 15.3. The van der Waals surface area contributed by atoms with Crippen molar-refractivity contribution < 1.29 is 23.8 Å². The monoisotopic (exact) mass is 437 g/mol. The lowest BCUT2D eigenvalue weighted by molar-refractivity contribution is 0.0696. The lowest BCUT2D eigenvalue weighted by Crippen LogP contribution is -2.17. The van der Waals surface area contributed by atoms with Gasteiger partial charge in [0.15, 0.2) is 0 Å². The molecule has 0 atom stereocenters. The van der Waals surface area contributed by atoms with Crippen LogP contribution in [0.2, 0.25) is 0 Å². The molecular weight excluding hydrogens is 413 g/mol. The number of anilines is 1. The predicted octanol–water partition coefficient (Wildman–Crippen LogP) is 4.25. The molecule has 1 amide bonds. The maximum absolute atomic E-state index is 13.8. The van der Waals surface area contributed by atoms with Gasteiger partial charge in [-0.3, -0.25) is 4.79 Å². The molecule has 0 saturated carbocycles. The van der Waals surface area contributed by atoms with Gasteiger partial charge in [0, 0.05) is 30.4 Å². The largest absolute Gasteiger partial charge is 0.491 e. The third-order valence-electron chi connectivity index (χ3n) is 4.45. The van der Waals surface area contributed by atoms with Crippen LogP contribution >= 0.6 is 0 Å². The quantitative estimate of drug-likeness (QED) is 0.463. The lowest BCUT2D eigenvalue weighted by Gasteiger charge is -2.14. The van der Waals surface area contributed by atoms with E-state index < -0.39 is 11.9 Å². The highest BCUT2D eigenvalue weighted by Crippen LogP contribution is 2.20. The summed E-state index contributed by atoms with van der Waals surface area (Å²) in [5, 5.41) is 14.8. The molecule has 0 aliphatic carbocycles. The molecule has 3 aromatic rings. The van der Waals surface area contributed by atoms with Crippen molar-refractivity contribution in [2.24, 2.45) is 0 Å². The van der Waals surface area contributed by atoms with Gasteiger partial charge in [0.25, 0.3) is 5.91 Å². The minimum absolute atomic E-state index is 0.0264. The van der Waals surface area contributed by atoms with Crippen LogP contribution in [-0.4, -0.2) is 28.1 Å². The van der Waals surface area contributed by atoms with E-state index >= 15 is 0 Å². The number of amides is 1. The molecule has 3 rings (SSSR count). The fraction of sp³-hybridized carbons (Fsp3) is 0.208. The van der Waals surface area contributed by atoms with Crippen LogP contribution in [0.3, 0.4) is 0 Å². The normalized spacial score (nSPS) is 10.8. The average Bonchev–Trinajstić information content (AvgIpc) is 2.75. The molecule has 0 bridgehead atoms. The number of carboxylic acid groups (broad SMARTS) is 1. The number of aromatic nitrogens is 1. The van der Waals surface area contributed by atoms with Crippen LogP contribution in [0.15, 0.2) is 60.8 Å². The third kappa shape index (κ3) is 6.36. The number of carbonyl (C=O) groups excluding carboxylic acids is 1. The van der Waals surface area contributed by atoms with Gasteiger partial charge in [0.2, 0.25) is 0 Å². The zero-order valence-electron chi connectivity index (χ0n) is 17.8. The van der Waals surface area contributed by atoms with E-state index in [4.69, 9.17) is 9.84 Å².